The van der Waals surface area contributed by atoms with Gasteiger partial charge in [-0.05, 0) is 5.56 Å². The van der Waals surface area contributed by atoms with E-state index in [2.05, 4.69) is 9.98 Å². The molecular weight excluding hydrogens is 260 g/mol. The number of aliphatic imine (C=N–C) groups is 1. The minimum Gasteiger partial charge on any atom is -0.385 e. The molecular formula is C13H12N4OS. The summed E-state index contributed by atoms with van der Waals surface area (Å²) in [6.07, 6.45) is 0. The molecule has 96 valence electrons. The summed E-state index contributed by atoms with van der Waals surface area (Å²) in [5, 5.41) is 1.89. The van der Waals surface area contributed by atoms with Gasteiger partial charge in [-0.1, -0.05) is 30.3 Å². The Labute approximate surface area is 114 Å². The lowest BCUT2D eigenvalue weighted by atomic mass is 10.1. The highest BCUT2D eigenvalue weighted by Crippen LogP contribution is 2.28. The van der Waals surface area contributed by atoms with Crippen molar-refractivity contribution in [1.82, 2.24) is 9.88 Å². The van der Waals surface area contributed by atoms with E-state index in [1.807, 2.05) is 35.7 Å². The van der Waals surface area contributed by atoms with Crippen molar-refractivity contribution in [2.45, 2.75) is 12.6 Å². The zero-order valence-corrected chi connectivity index (χ0v) is 10.9. The Morgan fingerprint density at radius 2 is 2.11 bits per heavy atom. The first-order chi connectivity index (χ1) is 9.25. The second-order valence-corrected chi connectivity index (χ2v) is 4.97. The summed E-state index contributed by atoms with van der Waals surface area (Å²) in [5.41, 5.74) is 9.40. The van der Waals surface area contributed by atoms with Crippen LogP contribution in [0.5, 0.6) is 0 Å². The predicted octanol–water partition coefficient (Wildman–Crippen LogP) is 2.18. The van der Waals surface area contributed by atoms with E-state index < -0.39 is 0 Å². The number of nitrogens with zero attached hydrogens (tertiary/aromatic N) is 3. The van der Waals surface area contributed by atoms with Crippen molar-refractivity contribution in [3.8, 4) is 0 Å². The lowest BCUT2D eigenvalue weighted by molar-refractivity contribution is 0.203. The van der Waals surface area contributed by atoms with E-state index >= 15 is 0 Å². The van der Waals surface area contributed by atoms with Gasteiger partial charge in [0.2, 0.25) is 0 Å². The van der Waals surface area contributed by atoms with Gasteiger partial charge in [0.1, 0.15) is 11.9 Å². The molecule has 2 amide bonds. The van der Waals surface area contributed by atoms with Gasteiger partial charge in [0.05, 0.1) is 11.2 Å². The topological polar surface area (TPSA) is 71.6 Å². The molecule has 0 saturated carbocycles. The first-order valence-corrected chi connectivity index (χ1v) is 6.76. The number of carbonyl (C=O) groups is 1. The maximum atomic E-state index is 11.9. The van der Waals surface area contributed by atoms with Crippen LogP contribution in [-0.2, 0) is 6.54 Å². The molecule has 19 heavy (non-hydrogen) atoms. The van der Waals surface area contributed by atoms with Crippen LogP contribution in [0.3, 0.4) is 0 Å². The van der Waals surface area contributed by atoms with Crippen molar-refractivity contribution >= 4 is 23.2 Å². The first-order valence-electron chi connectivity index (χ1n) is 5.82. The third-order valence-corrected chi connectivity index (χ3v) is 3.59. The number of rotatable bonds is 3. The number of hydrogen-bond donors (Lipinski definition) is 1. The van der Waals surface area contributed by atoms with Gasteiger partial charge >= 0.3 is 6.03 Å². The fourth-order valence-electron chi connectivity index (χ4n) is 2.11. The highest BCUT2D eigenvalue weighted by Gasteiger charge is 2.35. The molecule has 2 N–H and O–H groups in total. The third-order valence-electron chi connectivity index (χ3n) is 2.99. The Balaban J connectivity index is 1.89. The van der Waals surface area contributed by atoms with Crippen molar-refractivity contribution in [3.63, 3.8) is 0 Å². The Kier molecular flexibility index (Phi) is 3.00. The molecule has 1 aliphatic rings. The van der Waals surface area contributed by atoms with E-state index in [9.17, 15) is 4.79 Å². The maximum absolute atomic E-state index is 11.9. The summed E-state index contributed by atoms with van der Waals surface area (Å²) >= 11 is 1.48. The van der Waals surface area contributed by atoms with Gasteiger partial charge < -0.3 is 10.6 Å². The zero-order valence-electron chi connectivity index (χ0n) is 10.1. The molecule has 1 unspecified atom stereocenters. The number of benzene rings is 1. The van der Waals surface area contributed by atoms with Crippen LogP contribution < -0.4 is 5.73 Å². The van der Waals surface area contributed by atoms with Crippen molar-refractivity contribution in [1.29, 1.82) is 0 Å². The summed E-state index contributed by atoms with van der Waals surface area (Å²) in [4.78, 5) is 21.7. The number of hydrogen-bond acceptors (Lipinski definition) is 4. The van der Waals surface area contributed by atoms with Gasteiger partial charge in [0, 0.05) is 11.9 Å². The van der Waals surface area contributed by atoms with E-state index in [4.69, 9.17) is 5.73 Å². The normalized spacial score (nSPS) is 18.7. The highest BCUT2D eigenvalue weighted by atomic mass is 32.1. The summed E-state index contributed by atoms with van der Waals surface area (Å²) < 4.78 is 0. The quantitative estimate of drug-likeness (QED) is 0.930. The first kappa shape index (κ1) is 11.9. The van der Waals surface area contributed by atoms with Crippen LogP contribution in [-0.4, -0.2) is 21.8 Å². The Hall–Kier alpha value is -2.21. The minimum atomic E-state index is -0.348. The van der Waals surface area contributed by atoms with Crippen LogP contribution in [0.15, 0.2) is 46.2 Å². The average Bonchev–Trinajstić information content (AvgIpc) is 3.00. The molecule has 3 rings (SSSR count). The molecule has 1 atom stereocenters. The molecule has 2 heterocycles. The summed E-state index contributed by atoms with van der Waals surface area (Å²) in [6.45, 7) is 0.478. The lowest BCUT2D eigenvalue weighted by Crippen LogP contribution is -2.33. The van der Waals surface area contributed by atoms with Crippen molar-refractivity contribution in [2.75, 3.05) is 0 Å². The molecule has 2 aromatic rings. The van der Waals surface area contributed by atoms with Gasteiger partial charge in [0.15, 0.2) is 0 Å². The molecule has 0 saturated heterocycles. The van der Waals surface area contributed by atoms with Crippen LogP contribution in [0, 0.1) is 0 Å². The summed E-state index contributed by atoms with van der Waals surface area (Å²) in [5.74, 6) is 0.312. The number of aromatic nitrogens is 1. The summed E-state index contributed by atoms with van der Waals surface area (Å²) in [6, 6.07) is 9.12. The highest BCUT2D eigenvalue weighted by molar-refractivity contribution is 7.07. The fourth-order valence-corrected chi connectivity index (χ4v) is 2.69. The predicted molar refractivity (Wildman–Crippen MR) is 73.9 cm³/mol. The Morgan fingerprint density at radius 3 is 2.79 bits per heavy atom. The second kappa shape index (κ2) is 4.81. The maximum Gasteiger partial charge on any atom is 0.346 e. The largest absolute Gasteiger partial charge is 0.385 e. The van der Waals surface area contributed by atoms with Crippen LogP contribution >= 0.6 is 11.3 Å². The molecule has 6 heteroatoms. The van der Waals surface area contributed by atoms with Gasteiger partial charge in [-0.3, -0.25) is 0 Å². The summed E-state index contributed by atoms with van der Waals surface area (Å²) in [7, 11) is 0. The van der Waals surface area contributed by atoms with Crippen molar-refractivity contribution in [2.24, 2.45) is 10.7 Å². The molecule has 0 spiro atoms. The molecule has 0 radical (unpaired) electrons. The van der Waals surface area contributed by atoms with Crippen LogP contribution in [0.2, 0.25) is 0 Å². The molecule has 0 fully saturated rings. The molecule has 1 aliphatic heterocycles. The van der Waals surface area contributed by atoms with Crippen molar-refractivity contribution < 1.29 is 4.79 Å². The second-order valence-electron chi connectivity index (χ2n) is 4.25. The standard InChI is InChI=1S/C13H12N4OS/c14-12-11(10-7-19-8-15-10)17(13(18)16-12)6-9-4-2-1-3-5-9/h1-5,7-8,11H,6H2,(H2,14,16,18). The average molecular weight is 272 g/mol. The third kappa shape index (κ3) is 2.22. The van der Waals surface area contributed by atoms with Crippen molar-refractivity contribution in [3.05, 3.63) is 52.5 Å². The van der Waals surface area contributed by atoms with E-state index in [-0.39, 0.29) is 12.1 Å². The SMILES string of the molecule is NC1=NC(=O)N(Cc2ccccc2)C1c1cscn1. The van der Waals surface area contributed by atoms with Gasteiger partial charge in [-0.15, -0.1) is 11.3 Å². The number of amides is 2. The Morgan fingerprint density at radius 1 is 1.32 bits per heavy atom. The molecule has 1 aromatic heterocycles. The van der Waals surface area contributed by atoms with Crippen LogP contribution in [0.4, 0.5) is 4.79 Å². The number of nitrogens with two attached hydrogens (primary N) is 1. The van der Waals surface area contributed by atoms with E-state index in [0.29, 0.717) is 12.4 Å². The van der Waals surface area contributed by atoms with E-state index in [0.717, 1.165) is 11.3 Å². The van der Waals surface area contributed by atoms with Gasteiger partial charge in [-0.25, -0.2) is 9.78 Å². The van der Waals surface area contributed by atoms with E-state index in [1.165, 1.54) is 11.3 Å². The number of amidine groups is 1. The lowest BCUT2D eigenvalue weighted by Gasteiger charge is -2.22. The molecule has 0 aliphatic carbocycles. The molecule has 5 nitrogen and oxygen atoms in total. The number of urea groups is 1. The number of carbonyl (C=O) groups excluding carboxylic acids is 1. The fraction of sp³-hybridized carbons (Fsp3) is 0.154. The Bertz CT molecular complexity index is 609. The van der Waals surface area contributed by atoms with Gasteiger partial charge in [-0.2, -0.15) is 4.99 Å². The van der Waals surface area contributed by atoms with Crippen LogP contribution in [0.25, 0.3) is 0 Å². The number of thiazole rings is 1. The minimum absolute atomic E-state index is 0.306. The van der Waals surface area contributed by atoms with Gasteiger partial charge in [0.25, 0.3) is 0 Å². The van der Waals surface area contributed by atoms with Crippen LogP contribution in [0.1, 0.15) is 17.3 Å². The molecule has 0 bridgehead atoms. The van der Waals surface area contributed by atoms with E-state index in [1.54, 1.807) is 10.4 Å². The monoisotopic (exact) mass is 272 g/mol. The smallest absolute Gasteiger partial charge is 0.346 e. The molecule has 1 aromatic carbocycles. The zero-order chi connectivity index (χ0) is 13.2.